The zero-order chi connectivity index (χ0) is 7.98. The third-order valence-electron chi connectivity index (χ3n) is 1.20. The van der Waals surface area contributed by atoms with E-state index in [0.717, 1.165) is 11.3 Å². The second kappa shape index (κ2) is 4.68. The van der Waals surface area contributed by atoms with E-state index in [0.29, 0.717) is 0 Å². The minimum absolute atomic E-state index is 0.911. The summed E-state index contributed by atoms with van der Waals surface area (Å²) in [5, 5.41) is 5.80. The molecule has 0 aromatic rings. The summed E-state index contributed by atoms with van der Waals surface area (Å²) < 4.78 is 0. The fourth-order valence-electron chi connectivity index (χ4n) is 0.468. The molecule has 0 fully saturated rings. The summed E-state index contributed by atoms with van der Waals surface area (Å²) in [6.45, 7) is 9.25. The molecule has 0 saturated carbocycles. The number of nitrogens with one attached hydrogen (secondary N) is 2. The van der Waals surface area contributed by atoms with Crippen LogP contribution in [0.15, 0.2) is 36.8 Å². The Morgan fingerprint density at radius 2 is 2.10 bits per heavy atom. The highest BCUT2D eigenvalue weighted by Gasteiger charge is 1.89. The molecule has 2 N–H and O–H groups in total. The first-order chi connectivity index (χ1) is 4.72. The standard InChI is InChI=1S/C8H14N2/c1-5-10-6-7(2)8(3)9-4/h5-6,9-10H,1,3H2,2,4H3/b7-6-. The summed E-state index contributed by atoms with van der Waals surface area (Å²) in [5.74, 6) is 0. The molecule has 0 radical (unpaired) electrons. The Bertz CT molecular complexity index is 157. The number of hydrogen-bond acceptors (Lipinski definition) is 2. The molecule has 2 nitrogen and oxygen atoms in total. The largest absolute Gasteiger partial charge is 0.388 e. The lowest BCUT2D eigenvalue weighted by atomic mass is 10.2. The third-order valence-corrected chi connectivity index (χ3v) is 1.20. The zero-order valence-electron chi connectivity index (χ0n) is 6.57. The molecule has 0 aliphatic rings. The fourth-order valence-corrected chi connectivity index (χ4v) is 0.468. The topological polar surface area (TPSA) is 24.1 Å². The monoisotopic (exact) mass is 138 g/mol. The first kappa shape index (κ1) is 8.82. The SMILES string of the molecule is C=CN/C=C(/C)C(=C)NC. The van der Waals surface area contributed by atoms with Crippen molar-refractivity contribution in [3.05, 3.63) is 36.8 Å². The minimum atomic E-state index is 0.911. The summed E-state index contributed by atoms with van der Waals surface area (Å²) in [4.78, 5) is 0. The summed E-state index contributed by atoms with van der Waals surface area (Å²) in [6, 6.07) is 0. The van der Waals surface area contributed by atoms with Crippen molar-refractivity contribution in [3.8, 4) is 0 Å². The van der Waals surface area contributed by atoms with E-state index in [2.05, 4.69) is 23.8 Å². The third kappa shape index (κ3) is 2.97. The van der Waals surface area contributed by atoms with Crippen molar-refractivity contribution in [1.29, 1.82) is 0 Å². The quantitative estimate of drug-likeness (QED) is 0.573. The van der Waals surface area contributed by atoms with Crippen molar-refractivity contribution in [2.75, 3.05) is 7.05 Å². The predicted molar refractivity (Wildman–Crippen MR) is 45.3 cm³/mol. The number of allylic oxidation sites excluding steroid dienone is 1. The molecule has 0 rings (SSSR count). The van der Waals surface area contributed by atoms with Gasteiger partial charge in [0.1, 0.15) is 0 Å². The van der Waals surface area contributed by atoms with Crippen molar-refractivity contribution >= 4 is 0 Å². The Labute approximate surface area is 62.3 Å². The van der Waals surface area contributed by atoms with Crippen LogP contribution in [0, 0.1) is 0 Å². The van der Waals surface area contributed by atoms with Crippen LogP contribution in [-0.2, 0) is 0 Å². The van der Waals surface area contributed by atoms with Gasteiger partial charge in [-0.25, -0.2) is 0 Å². The summed E-state index contributed by atoms with van der Waals surface area (Å²) in [5.41, 5.74) is 1.98. The van der Waals surface area contributed by atoms with Crippen LogP contribution in [0.5, 0.6) is 0 Å². The molecule has 0 saturated heterocycles. The lowest BCUT2D eigenvalue weighted by Gasteiger charge is -2.03. The molecule has 0 unspecified atom stereocenters. The molecular weight excluding hydrogens is 124 g/mol. The van der Waals surface area contributed by atoms with Crippen LogP contribution in [0.25, 0.3) is 0 Å². The Kier molecular flexibility index (Phi) is 4.12. The molecule has 0 aliphatic heterocycles. The van der Waals surface area contributed by atoms with Gasteiger partial charge in [-0.3, -0.25) is 0 Å². The van der Waals surface area contributed by atoms with Gasteiger partial charge in [-0.1, -0.05) is 13.2 Å². The predicted octanol–water partition coefficient (Wildman–Crippen LogP) is 1.36. The van der Waals surface area contributed by atoms with Crippen molar-refractivity contribution in [1.82, 2.24) is 10.6 Å². The second-order valence-corrected chi connectivity index (χ2v) is 1.93. The minimum Gasteiger partial charge on any atom is -0.388 e. The molecule has 10 heavy (non-hydrogen) atoms. The van der Waals surface area contributed by atoms with Crippen LogP contribution in [0.4, 0.5) is 0 Å². The van der Waals surface area contributed by atoms with Gasteiger partial charge in [0.2, 0.25) is 0 Å². The average molecular weight is 138 g/mol. The highest BCUT2D eigenvalue weighted by molar-refractivity contribution is 5.23. The van der Waals surface area contributed by atoms with E-state index in [1.54, 1.807) is 6.20 Å². The highest BCUT2D eigenvalue weighted by atomic mass is 14.8. The van der Waals surface area contributed by atoms with E-state index < -0.39 is 0 Å². The number of rotatable bonds is 4. The second-order valence-electron chi connectivity index (χ2n) is 1.93. The van der Waals surface area contributed by atoms with Gasteiger partial charge in [0.15, 0.2) is 0 Å². The van der Waals surface area contributed by atoms with Gasteiger partial charge in [0, 0.05) is 18.9 Å². The van der Waals surface area contributed by atoms with Crippen molar-refractivity contribution in [2.45, 2.75) is 6.92 Å². The normalized spacial score (nSPS) is 10.4. The van der Waals surface area contributed by atoms with Gasteiger partial charge in [-0.05, 0) is 18.7 Å². The summed E-state index contributed by atoms with van der Waals surface area (Å²) in [6.07, 6.45) is 3.46. The molecular formula is C8H14N2. The maximum Gasteiger partial charge on any atom is 0.0308 e. The first-order valence-corrected chi connectivity index (χ1v) is 3.13. The van der Waals surface area contributed by atoms with Gasteiger partial charge >= 0.3 is 0 Å². The van der Waals surface area contributed by atoms with Crippen LogP contribution in [0.1, 0.15) is 6.92 Å². The molecule has 2 heteroatoms. The lowest BCUT2D eigenvalue weighted by Crippen LogP contribution is -2.06. The highest BCUT2D eigenvalue weighted by Crippen LogP contribution is 1.98. The van der Waals surface area contributed by atoms with E-state index in [1.165, 1.54) is 0 Å². The van der Waals surface area contributed by atoms with Crippen LogP contribution in [0.2, 0.25) is 0 Å². The maximum absolute atomic E-state index is 3.77. The number of hydrogen-bond donors (Lipinski definition) is 2. The molecule has 0 aromatic heterocycles. The fraction of sp³-hybridized carbons (Fsp3) is 0.250. The van der Waals surface area contributed by atoms with Crippen LogP contribution < -0.4 is 10.6 Å². The smallest absolute Gasteiger partial charge is 0.0308 e. The molecule has 0 atom stereocenters. The maximum atomic E-state index is 3.77. The zero-order valence-corrected chi connectivity index (χ0v) is 6.57. The summed E-state index contributed by atoms with van der Waals surface area (Å²) in [7, 11) is 1.84. The van der Waals surface area contributed by atoms with Gasteiger partial charge in [0.25, 0.3) is 0 Å². The van der Waals surface area contributed by atoms with E-state index in [1.807, 2.05) is 20.2 Å². The van der Waals surface area contributed by atoms with Gasteiger partial charge in [-0.15, -0.1) is 0 Å². The van der Waals surface area contributed by atoms with Gasteiger partial charge in [0.05, 0.1) is 0 Å². The van der Waals surface area contributed by atoms with Crippen molar-refractivity contribution < 1.29 is 0 Å². The van der Waals surface area contributed by atoms with Gasteiger partial charge in [-0.2, -0.15) is 0 Å². The molecule has 0 aliphatic carbocycles. The Balaban J connectivity index is 3.91. The Hall–Kier alpha value is -1.18. The summed E-state index contributed by atoms with van der Waals surface area (Å²) >= 11 is 0. The Morgan fingerprint density at radius 3 is 2.50 bits per heavy atom. The van der Waals surface area contributed by atoms with E-state index in [9.17, 15) is 0 Å². The molecule has 0 bridgehead atoms. The Morgan fingerprint density at radius 1 is 1.50 bits per heavy atom. The van der Waals surface area contributed by atoms with Crippen LogP contribution >= 0.6 is 0 Å². The van der Waals surface area contributed by atoms with Crippen LogP contribution in [-0.4, -0.2) is 7.05 Å². The first-order valence-electron chi connectivity index (χ1n) is 3.13. The van der Waals surface area contributed by atoms with E-state index >= 15 is 0 Å². The molecule has 0 amide bonds. The van der Waals surface area contributed by atoms with Gasteiger partial charge < -0.3 is 10.6 Å². The van der Waals surface area contributed by atoms with Crippen molar-refractivity contribution in [3.63, 3.8) is 0 Å². The molecule has 0 spiro atoms. The van der Waals surface area contributed by atoms with E-state index in [-0.39, 0.29) is 0 Å². The van der Waals surface area contributed by atoms with E-state index in [4.69, 9.17) is 0 Å². The van der Waals surface area contributed by atoms with Crippen LogP contribution in [0.3, 0.4) is 0 Å². The molecule has 0 heterocycles. The lowest BCUT2D eigenvalue weighted by molar-refractivity contribution is 0.992. The molecule has 0 aromatic carbocycles. The number of likely N-dealkylation sites (N-methyl/N-ethyl adjacent to an activating group) is 1. The molecule has 56 valence electrons. The van der Waals surface area contributed by atoms with Crippen molar-refractivity contribution in [2.24, 2.45) is 0 Å². The average Bonchev–Trinajstić information content (AvgIpc) is 1.98.